The van der Waals surface area contributed by atoms with E-state index in [2.05, 4.69) is 19.3 Å². The van der Waals surface area contributed by atoms with Crippen LogP contribution in [0.4, 0.5) is 0 Å². The van der Waals surface area contributed by atoms with Gasteiger partial charge in [-0.15, -0.1) is 0 Å². The SMILES string of the molecule is CCCCC(CC)C(CC1CC1)NN. The first kappa shape index (κ1) is 12.0. The van der Waals surface area contributed by atoms with Crippen LogP contribution in [-0.2, 0) is 0 Å². The van der Waals surface area contributed by atoms with Crippen LogP contribution in [0.25, 0.3) is 0 Å². The Balaban J connectivity index is 2.28. The molecule has 0 bridgehead atoms. The standard InChI is InChI=1S/C12H26N2/c1-3-5-6-11(4-2)12(14-13)9-10-7-8-10/h10-12,14H,3-9,13H2,1-2H3. The van der Waals surface area contributed by atoms with Gasteiger partial charge >= 0.3 is 0 Å². The highest BCUT2D eigenvalue weighted by atomic mass is 15.2. The van der Waals surface area contributed by atoms with E-state index in [0.29, 0.717) is 6.04 Å². The highest BCUT2D eigenvalue weighted by Crippen LogP contribution is 2.35. The van der Waals surface area contributed by atoms with Gasteiger partial charge in [0, 0.05) is 6.04 Å². The summed E-state index contributed by atoms with van der Waals surface area (Å²) in [5.74, 6) is 7.42. The number of rotatable bonds is 8. The quantitative estimate of drug-likeness (QED) is 0.465. The fraction of sp³-hybridized carbons (Fsp3) is 1.00. The lowest BCUT2D eigenvalue weighted by Crippen LogP contribution is -2.41. The number of hydrazine groups is 1. The maximum absolute atomic E-state index is 5.65. The van der Waals surface area contributed by atoms with Crippen molar-refractivity contribution in [3.05, 3.63) is 0 Å². The molecular formula is C12H26N2. The summed E-state index contributed by atoms with van der Waals surface area (Å²) in [5.41, 5.74) is 3.03. The van der Waals surface area contributed by atoms with Gasteiger partial charge in [0.1, 0.15) is 0 Å². The number of nitrogens with one attached hydrogen (secondary N) is 1. The first-order valence-corrected chi connectivity index (χ1v) is 6.27. The summed E-state index contributed by atoms with van der Waals surface area (Å²) in [6, 6.07) is 0.569. The van der Waals surface area contributed by atoms with Crippen LogP contribution in [0.3, 0.4) is 0 Å². The molecule has 0 amide bonds. The first-order chi connectivity index (χ1) is 6.81. The molecule has 84 valence electrons. The predicted molar refractivity (Wildman–Crippen MR) is 61.8 cm³/mol. The lowest BCUT2D eigenvalue weighted by Gasteiger charge is -2.25. The molecular weight excluding hydrogens is 172 g/mol. The Morgan fingerprint density at radius 3 is 2.50 bits per heavy atom. The van der Waals surface area contributed by atoms with Gasteiger partial charge in [-0.3, -0.25) is 11.3 Å². The van der Waals surface area contributed by atoms with Gasteiger partial charge in [0.05, 0.1) is 0 Å². The van der Waals surface area contributed by atoms with E-state index < -0.39 is 0 Å². The van der Waals surface area contributed by atoms with Crippen molar-refractivity contribution in [2.75, 3.05) is 0 Å². The summed E-state index contributed by atoms with van der Waals surface area (Å²) < 4.78 is 0. The largest absolute Gasteiger partial charge is 0.271 e. The molecule has 0 aromatic carbocycles. The molecule has 0 saturated heterocycles. The third-order valence-electron chi connectivity index (χ3n) is 3.52. The highest BCUT2D eigenvalue weighted by molar-refractivity contribution is 4.82. The van der Waals surface area contributed by atoms with Crippen LogP contribution in [0.5, 0.6) is 0 Å². The Morgan fingerprint density at radius 1 is 1.36 bits per heavy atom. The van der Waals surface area contributed by atoms with E-state index >= 15 is 0 Å². The minimum Gasteiger partial charge on any atom is -0.271 e. The minimum absolute atomic E-state index is 0.569. The molecule has 3 N–H and O–H groups in total. The molecule has 1 saturated carbocycles. The lowest BCUT2D eigenvalue weighted by atomic mass is 9.88. The van der Waals surface area contributed by atoms with Crippen molar-refractivity contribution in [2.24, 2.45) is 17.7 Å². The smallest absolute Gasteiger partial charge is 0.0241 e. The maximum Gasteiger partial charge on any atom is 0.0241 e. The minimum atomic E-state index is 0.569. The lowest BCUT2D eigenvalue weighted by molar-refractivity contribution is 0.296. The molecule has 2 heteroatoms. The number of nitrogens with two attached hydrogens (primary N) is 1. The Kier molecular flexibility index (Phi) is 5.49. The second-order valence-corrected chi connectivity index (χ2v) is 4.76. The van der Waals surface area contributed by atoms with Gasteiger partial charge in [-0.05, 0) is 24.7 Å². The molecule has 2 atom stereocenters. The maximum atomic E-state index is 5.65. The van der Waals surface area contributed by atoms with Gasteiger partial charge in [-0.25, -0.2) is 0 Å². The highest BCUT2D eigenvalue weighted by Gasteiger charge is 2.28. The van der Waals surface area contributed by atoms with Gasteiger partial charge in [0.2, 0.25) is 0 Å². The van der Waals surface area contributed by atoms with Crippen molar-refractivity contribution < 1.29 is 0 Å². The molecule has 0 aromatic rings. The summed E-state index contributed by atoms with van der Waals surface area (Å²) in [6.45, 7) is 4.55. The molecule has 0 spiro atoms. The Bertz CT molecular complexity index is 143. The monoisotopic (exact) mass is 198 g/mol. The topological polar surface area (TPSA) is 38.0 Å². The number of hydrogen-bond acceptors (Lipinski definition) is 2. The van der Waals surface area contributed by atoms with E-state index in [0.717, 1.165) is 11.8 Å². The number of hydrogen-bond donors (Lipinski definition) is 2. The third-order valence-corrected chi connectivity index (χ3v) is 3.52. The van der Waals surface area contributed by atoms with Gasteiger partial charge in [0.15, 0.2) is 0 Å². The zero-order valence-electron chi connectivity index (χ0n) is 9.76. The second kappa shape index (κ2) is 6.41. The Labute approximate surface area is 88.6 Å². The molecule has 0 aromatic heterocycles. The summed E-state index contributed by atoms with van der Waals surface area (Å²) in [6.07, 6.45) is 9.43. The van der Waals surface area contributed by atoms with Crippen molar-refractivity contribution in [3.8, 4) is 0 Å². The Hall–Kier alpha value is -0.0800. The van der Waals surface area contributed by atoms with Crippen molar-refractivity contribution >= 4 is 0 Å². The van der Waals surface area contributed by atoms with Crippen LogP contribution in [0.2, 0.25) is 0 Å². The normalized spacial score (nSPS) is 20.8. The van der Waals surface area contributed by atoms with Crippen molar-refractivity contribution in [3.63, 3.8) is 0 Å². The van der Waals surface area contributed by atoms with Crippen LogP contribution in [0.15, 0.2) is 0 Å². The van der Waals surface area contributed by atoms with Crippen molar-refractivity contribution in [1.82, 2.24) is 5.43 Å². The zero-order valence-corrected chi connectivity index (χ0v) is 9.76. The molecule has 0 radical (unpaired) electrons. The molecule has 1 aliphatic carbocycles. The average molecular weight is 198 g/mol. The van der Waals surface area contributed by atoms with Crippen LogP contribution in [0.1, 0.15) is 58.8 Å². The van der Waals surface area contributed by atoms with Crippen LogP contribution >= 0.6 is 0 Å². The summed E-state index contributed by atoms with van der Waals surface area (Å²) in [5, 5.41) is 0. The van der Waals surface area contributed by atoms with E-state index in [9.17, 15) is 0 Å². The van der Waals surface area contributed by atoms with Crippen molar-refractivity contribution in [2.45, 2.75) is 64.8 Å². The average Bonchev–Trinajstić information content (AvgIpc) is 3.00. The molecule has 14 heavy (non-hydrogen) atoms. The van der Waals surface area contributed by atoms with E-state index in [-0.39, 0.29) is 0 Å². The van der Waals surface area contributed by atoms with E-state index in [1.54, 1.807) is 0 Å². The van der Waals surface area contributed by atoms with E-state index in [1.807, 2.05) is 0 Å². The Morgan fingerprint density at radius 2 is 2.07 bits per heavy atom. The molecule has 1 aliphatic rings. The fourth-order valence-electron chi connectivity index (χ4n) is 2.27. The van der Waals surface area contributed by atoms with Crippen LogP contribution < -0.4 is 11.3 Å². The van der Waals surface area contributed by atoms with E-state index in [1.165, 1.54) is 44.9 Å². The third kappa shape index (κ3) is 3.97. The first-order valence-electron chi connectivity index (χ1n) is 6.27. The van der Waals surface area contributed by atoms with Crippen LogP contribution in [0, 0.1) is 11.8 Å². The molecule has 2 unspecified atom stereocenters. The summed E-state index contributed by atoms with van der Waals surface area (Å²) >= 11 is 0. The van der Waals surface area contributed by atoms with Crippen LogP contribution in [-0.4, -0.2) is 6.04 Å². The van der Waals surface area contributed by atoms with Gasteiger partial charge < -0.3 is 0 Å². The summed E-state index contributed by atoms with van der Waals surface area (Å²) in [7, 11) is 0. The molecule has 2 nitrogen and oxygen atoms in total. The zero-order chi connectivity index (χ0) is 10.4. The second-order valence-electron chi connectivity index (χ2n) is 4.76. The number of unbranched alkanes of at least 4 members (excludes halogenated alkanes) is 1. The van der Waals surface area contributed by atoms with Gasteiger partial charge in [0.25, 0.3) is 0 Å². The van der Waals surface area contributed by atoms with Gasteiger partial charge in [-0.1, -0.05) is 46.0 Å². The van der Waals surface area contributed by atoms with Gasteiger partial charge in [-0.2, -0.15) is 0 Å². The van der Waals surface area contributed by atoms with E-state index in [4.69, 9.17) is 5.84 Å². The summed E-state index contributed by atoms with van der Waals surface area (Å²) in [4.78, 5) is 0. The molecule has 1 fully saturated rings. The molecule has 1 rings (SSSR count). The van der Waals surface area contributed by atoms with Crippen molar-refractivity contribution in [1.29, 1.82) is 0 Å². The predicted octanol–water partition coefficient (Wildman–Crippen LogP) is 2.83. The molecule has 0 heterocycles. The molecule has 0 aliphatic heterocycles. The fourth-order valence-corrected chi connectivity index (χ4v) is 2.27.